The third-order valence-corrected chi connectivity index (χ3v) is 6.47. The molecule has 1 atom stereocenters. The second-order valence-electron chi connectivity index (χ2n) is 6.11. The molecule has 8 nitrogen and oxygen atoms in total. The number of hydrogen-bond acceptors (Lipinski definition) is 5. The number of carbonyl (C=O) groups is 1. The fraction of sp³-hybridized carbons (Fsp3) is 0.929. The number of hydrogen-bond donors (Lipinski definition) is 1. The number of piperazine rings is 1. The van der Waals surface area contributed by atoms with Gasteiger partial charge in [-0.05, 0) is 12.8 Å². The lowest BCUT2D eigenvalue weighted by atomic mass is 10.2. The van der Waals surface area contributed by atoms with Crippen molar-refractivity contribution < 1.29 is 17.9 Å². The lowest BCUT2D eigenvalue weighted by Gasteiger charge is -2.37. The van der Waals surface area contributed by atoms with E-state index < -0.39 is 16.3 Å². The van der Waals surface area contributed by atoms with Crippen LogP contribution in [0.1, 0.15) is 25.7 Å². The van der Waals surface area contributed by atoms with Crippen molar-refractivity contribution in [2.75, 3.05) is 53.0 Å². The van der Waals surface area contributed by atoms with Crippen LogP contribution in [-0.2, 0) is 19.7 Å². The van der Waals surface area contributed by atoms with Crippen molar-refractivity contribution >= 4 is 16.1 Å². The predicted molar refractivity (Wildman–Crippen MR) is 87.0 cm³/mol. The molecule has 9 heteroatoms. The quantitative estimate of drug-likeness (QED) is 0.703. The monoisotopic (exact) mass is 348 g/mol. The molecule has 0 aromatic rings. The average molecular weight is 348 g/mol. The second-order valence-corrected chi connectivity index (χ2v) is 8.04. The molecule has 23 heavy (non-hydrogen) atoms. The first-order chi connectivity index (χ1) is 11.0. The van der Waals surface area contributed by atoms with E-state index >= 15 is 0 Å². The van der Waals surface area contributed by atoms with E-state index in [1.807, 2.05) is 0 Å². The Labute approximate surface area is 138 Å². The van der Waals surface area contributed by atoms with E-state index in [0.717, 1.165) is 25.7 Å². The topological polar surface area (TPSA) is 96.2 Å². The number of methoxy groups -OCH3 is 1. The number of rotatable bonds is 5. The number of ether oxygens (including phenoxy) is 1. The third kappa shape index (κ3) is 4.63. The Morgan fingerprint density at radius 2 is 1.52 bits per heavy atom. The van der Waals surface area contributed by atoms with Crippen LogP contribution in [0.2, 0.25) is 0 Å². The van der Waals surface area contributed by atoms with Gasteiger partial charge in [-0.2, -0.15) is 17.0 Å². The lowest BCUT2D eigenvalue weighted by molar-refractivity contribution is -0.134. The van der Waals surface area contributed by atoms with Gasteiger partial charge in [-0.3, -0.25) is 4.79 Å². The molecule has 2 aliphatic heterocycles. The van der Waals surface area contributed by atoms with Crippen LogP contribution < -0.4 is 5.73 Å². The average Bonchev–Trinajstić information content (AvgIpc) is 2.84. The van der Waals surface area contributed by atoms with E-state index in [1.165, 1.54) is 11.4 Å². The highest BCUT2D eigenvalue weighted by Crippen LogP contribution is 2.18. The lowest BCUT2D eigenvalue weighted by Crippen LogP contribution is -2.57. The molecule has 0 aromatic heterocycles. The van der Waals surface area contributed by atoms with Gasteiger partial charge >= 0.3 is 0 Å². The van der Waals surface area contributed by atoms with Crippen LogP contribution in [0, 0.1) is 0 Å². The van der Waals surface area contributed by atoms with Crippen molar-refractivity contribution in [3.05, 3.63) is 0 Å². The molecule has 0 radical (unpaired) electrons. The van der Waals surface area contributed by atoms with Crippen molar-refractivity contribution in [1.29, 1.82) is 0 Å². The number of nitrogens with zero attached hydrogens (tertiary/aromatic N) is 3. The van der Waals surface area contributed by atoms with Crippen molar-refractivity contribution in [2.45, 2.75) is 31.7 Å². The minimum absolute atomic E-state index is 0.172. The maximum Gasteiger partial charge on any atom is 0.282 e. The minimum atomic E-state index is -3.42. The molecular formula is C14H28N4O4S. The van der Waals surface area contributed by atoms with Gasteiger partial charge in [0.15, 0.2) is 0 Å². The Balaban J connectivity index is 1.91. The third-order valence-electron chi connectivity index (χ3n) is 4.43. The number of amides is 1. The molecule has 0 aliphatic carbocycles. The molecule has 0 aromatic carbocycles. The highest BCUT2D eigenvalue weighted by atomic mass is 32.2. The molecular weight excluding hydrogens is 320 g/mol. The van der Waals surface area contributed by atoms with Gasteiger partial charge in [0.1, 0.15) is 6.04 Å². The van der Waals surface area contributed by atoms with Crippen LogP contribution in [0.3, 0.4) is 0 Å². The smallest absolute Gasteiger partial charge is 0.282 e. The fourth-order valence-corrected chi connectivity index (χ4v) is 4.73. The first-order valence-corrected chi connectivity index (χ1v) is 9.65. The Bertz CT molecular complexity index is 483. The summed E-state index contributed by atoms with van der Waals surface area (Å²) in [5.74, 6) is -0.182. The molecule has 1 unspecified atom stereocenters. The highest BCUT2D eigenvalue weighted by Gasteiger charge is 2.34. The zero-order chi connectivity index (χ0) is 16.9. The Hall–Kier alpha value is -0.740. The minimum Gasteiger partial charge on any atom is -0.383 e. The number of nitrogens with two attached hydrogens (primary N) is 1. The van der Waals surface area contributed by atoms with Crippen molar-refractivity contribution in [3.63, 3.8) is 0 Å². The fourth-order valence-electron chi connectivity index (χ4n) is 3.06. The Kier molecular flexibility index (Phi) is 6.78. The Morgan fingerprint density at radius 1 is 1.00 bits per heavy atom. The molecule has 2 rings (SSSR count). The summed E-state index contributed by atoms with van der Waals surface area (Å²) < 4.78 is 33.4. The van der Waals surface area contributed by atoms with Crippen LogP contribution in [0.15, 0.2) is 0 Å². The van der Waals surface area contributed by atoms with Crippen molar-refractivity contribution in [1.82, 2.24) is 13.5 Å². The molecule has 0 saturated carbocycles. The predicted octanol–water partition coefficient (Wildman–Crippen LogP) is -0.775. The van der Waals surface area contributed by atoms with E-state index in [0.29, 0.717) is 39.3 Å². The summed E-state index contributed by atoms with van der Waals surface area (Å²) in [5, 5.41) is 0. The molecule has 134 valence electrons. The zero-order valence-corrected chi connectivity index (χ0v) is 14.6. The van der Waals surface area contributed by atoms with Crippen LogP contribution in [0.5, 0.6) is 0 Å². The van der Waals surface area contributed by atoms with Gasteiger partial charge in [-0.15, -0.1) is 0 Å². The molecule has 0 bridgehead atoms. The standard InChI is InChI=1S/C14H28N4O4S/c1-22-12-13(15)14(19)16-8-10-18(11-9-16)23(20,21)17-6-4-2-3-5-7-17/h13H,2-12,15H2,1H3. The first kappa shape index (κ1) is 18.6. The normalized spacial score (nSPS) is 23.5. The van der Waals surface area contributed by atoms with Crippen LogP contribution in [-0.4, -0.2) is 86.9 Å². The Morgan fingerprint density at radius 3 is 2.04 bits per heavy atom. The highest BCUT2D eigenvalue weighted by molar-refractivity contribution is 7.86. The molecule has 2 aliphatic rings. The summed E-state index contributed by atoms with van der Waals surface area (Å²) in [6.45, 7) is 2.77. The second kappa shape index (κ2) is 8.39. The van der Waals surface area contributed by atoms with Gasteiger partial charge in [0.05, 0.1) is 6.61 Å². The summed E-state index contributed by atoms with van der Waals surface area (Å²) in [7, 11) is -1.92. The van der Waals surface area contributed by atoms with E-state index in [1.54, 1.807) is 9.21 Å². The summed E-state index contributed by atoms with van der Waals surface area (Å²) >= 11 is 0. The maximum atomic E-state index is 12.7. The zero-order valence-electron chi connectivity index (χ0n) is 13.8. The van der Waals surface area contributed by atoms with Crippen molar-refractivity contribution in [2.24, 2.45) is 5.73 Å². The summed E-state index contributed by atoms with van der Waals surface area (Å²) in [6, 6.07) is -0.686. The van der Waals surface area contributed by atoms with E-state index in [2.05, 4.69) is 0 Å². The summed E-state index contributed by atoms with van der Waals surface area (Å²) in [5.41, 5.74) is 5.76. The number of carbonyl (C=O) groups excluding carboxylic acids is 1. The molecule has 2 N–H and O–H groups in total. The van der Waals surface area contributed by atoms with E-state index in [4.69, 9.17) is 10.5 Å². The van der Waals surface area contributed by atoms with Gasteiger partial charge in [0.25, 0.3) is 10.2 Å². The van der Waals surface area contributed by atoms with Gasteiger partial charge in [0, 0.05) is 46.4 Å². The molecule has 0 spiro atoms. The largest absolute Gasteiger partial charge is 0.383 e. The molecule has 1 amide bonds. The first-order valence-electron chi connectivity index (χ1n) is 8.25. The SMILES string of the molecule is COCC(N)C(=O)N1CCN(S(=O)(=O)N2CCCCCC2)CC1. The molecule has 2 saturated heterocycles. The van der Waals surface area contributed by atoms with Crippen molar-refractivity contribution in [3.8, 4) is 0 Å². The van der Waals surface area contributed by atoms with E-state index in [9.17, 15) is 13.2 Å². The van der Waals surface area contributed by atoms with Crippen LogP contribution in [0.25, 0.3) is 0 Å². The summed E-state index contributed by atoms with van der Waals surface area (Å²) in [4.78, 5) is 13.8. The van der Waals surface area contributed by atoms with Crippen LogP contribution in [0.4, 0.5) is 0 Å². The molecule has 2 fully saturated rings. The van der Waals surface area contributed by atoms with Gasteiger partial charge in [0.2, 0.25) is 5.91 Å². The molecule has 2 heterocycles. The van der Waals surface area contributed by atoms with Gasteiger partial charge in [-0.25, -0.2) is 0 Å². The van der Waals surface area contributed by atoms with E-state index in [-0.39, 0.29) is 12.5 Å². The summed E-state index contributed by atoms with van der Waals surface area (Å²) in [6.07, 6.45) is 4.02. The van der Waals surface area contributed by atoms with Gasteiger partial charge < -0.3 is 15.4 Å². The maximum absolute atomic E-state index is 12.7. The van der Waals surface area contributed by atoms with Crippen LogP contribution >= 0.6 is 0 Å². The van der Waals surface area contributed by atoms with Gasteiger partial charge in [-0.1, -0.05) is 12.8 Å².